The number of nitrogens with one attached hydrogen (secondary N) is 2. The van der Waals surface area contributed by atoms with Crippen LogP contribution in [-0.2, 0) is 31.0 Å². The summed E-state index contributed by atoms with van der Waals surface area (Å²) in [7, 11) is 0. The molecule has 1 aliphatic rings. The fraction of sp³-hybridized carbons (Fsp3) is 0.571. The van der Waals surface area contributed by atoms with Crippen LogP contribution < -0.4 is 10.6 Å². The van der Waals surface area contributed by atoms with Crippen LogP contribution in [0.4, 0.5) is 13.2 Å². The van der Waals surface area contributed by atoms with Gasteiger partial charge in [0.2, 0.25) is 5.91 Å². The van der Waals surface area contributed by atoms with Gasteiger partial charge in [0, 0.05) is 12.2 Å². The van der Waals surface area contributed by atoms with Crippen LogP contribution in [0.1, 0.15) is 50.7 Å². The number of aldehydes is 1. The van der Waals surface area contributed by atoms with Crippen molar-refractivity contribution in [1.29, 1.82) is 0 Å². The molecule has 0 aromatic heterocycles. The summed E-state index contributed by atoms with van der Waals surface area (Å²) in [4.78, 5) is 34.9. The summed E-state index contributed by atoms with van der Waals surface area (Å²) in [6.07, 6.45) is -3.44. The molecular weight excluding hydrogens is 417 g/mol. The zero-order valence-corrected chi connectivity index (χ0v) is 17.4. The Morgan fingerprint density at radius 3 is 2.45 bits per heavy atom. The molecule has 0 saturated carbocycles. The van der Waals surface area contributed by atoms with E-state index in [9.17, 15) is 27.6 Å². The molecule has 0 spiro atoms. The van der Waals surface area contributed by atoms with Gasteiger partial charge in [-0.15, -0.1) is 0 Å². The lowest BCUT2D eigenvalue weighted by molar-refractivity contribution is -0.153. The fourth-order valence-electron chi connectivity index (χ4n) is 3.66. The first-order valence-corrected chi connectivity index (χ1v) is 10.1. The van der Waals surface area contributed by atoms with Gasteiger partial charge in [-0.1, -0.05) is 32.0 Å². The second-order valence-electron chi connectivity index (χ2n) is 7.89. The Kier molecular flexibility index (Phi) is 8.19. The molecule has 172 valence electrons. The van der Waals surface area contributed by atoms with E-state index in [1.165, 1.54) is 18.2 Å². The largest absolute Gasteiger partial charge is 0.481 e. The Morgan fingerprint density at radius 2 is 1.94 bits per heavy atom. The number of carboxylic acid groups (broad SMARTS) is 1. The summed E-state index contributed by atoms with van der Waals surface area (Å²) in [6.45, 7) is 3.59. The van der Waals surface area contributed by atoms with Gasteiger partial charge in [-0.2, -0.15) is 13.2 Å². The van der Waals surface area contributed by atoms with Crippen molar-refractivity contribution in [3.05, 3.63) is 35.4 Å². The van der Waals surface area contributed by atoms with Crippen LogP contribution in [0.15, 0.2) is 24.3 Å². The van der Waals surface area contributed by atoms with Crippen molar-refractivity contribution < 1.29 is 37.4 Å². The second-order valence-corrected chi connectivity index (χ2v) is 7.89. The number of rotatable bonds is 9. The molecule has 31 heavy (non-hydrogen) atoms. The van der Waals surface area contributed by atoms with Crippen molar-refractivity contribution in [3.8, 4) is 0 Å². The van der Waals surface area contributed by atoms with E-state index in [4.69, 9.17) is 9.84 Å². The Hall–Kier alpha value is -2.46. The summed E-state index contributed by atoms with van der Waals surface area (Å²) in [6, 6.07) is 2.78. The number of benzene rings is 1. The minimum absolute atomic E-state index is 0.113. The van der Waals surface area contributed by atoms with Gasteiger partial charge in [-0.25, -0.2) is 0 Å². The van der Waals surface area contributed by atoms with Crippen molar-refractivity contribution >= 4 is 18.2 Å². The Labute approximate surface area is 178 Å². The monoisotopic (exact) mass is 444 g/mol. The minimum Gasteiger partial charge on any atom is -0.481 e. The SMILES string of the molecule is CC(C)[C@H](NC1(c2ccccc2C(F)(F)F)CCCCO1)C(=O)N[C@H](C=O)CC(=O)O. The zero-order valence-electron chi connectivity index (χ0n) is 17.4. The molecule has 0 aliphatic carbocycles. The van der Waals surface area contributed by atoms with Gasteiger partial charge in [0.05, 0.1) is 24.1 Å². The van der Waals surface area contributed by atoms with Crippen LogP contribution in [-0.4, -0.2) is 42.0 Å². The molecule has 1 fully saturated rings. The lowest BCUT2D eigenvalue weighted by Gasteiger charge is -2.43. The minimum atomic E-state index is -4.62. The number of hydrogen-bond donors (Lipinski definition) is 3. The summed E-state index contributed by atoms with van der Waals surface area (Å²) in [5.74, 6) is -2.35. The van der Waals surface area contributed by atoms with E-state index >= 15 is 0 Å². The van der Waals surface area contributed by atoms with E-state index < -0.39 is 53.8 Å². The zero-order chi connectivity index (χ0) is 23.2. The maximum Gasteiger partial charge on any atom is 0.416 e. The third-order valence-electron chi connectivity index (χ3n) is 5.16. The molecule has 7 nitrogen and oxygen atoms in total. The number of carbonyl (C=O) groups is 3. The fourth-order valence-corrected chi connectivity index (χ4v) is 3.66. The van der Waals surface area contributed by atoms with Crippen LogP contribution in [0, 0.1) is 5.92 Å². The van der Waals surface area contributed by atoms with Crippen molar-refractivity contribution in [2.75, 3.05) is 6.61 Å². The molecule has 1 saturated heterocycles. The number of amides is 1. The van der Waals surface area contributed by atoms with Crippen LogP contribution in [0.5, 0.6) is 0 Å². The first-order chi connectivity index (χ1) is 14.5. The summed E-state index contributed by atoms with van der Waals surface area (Å²) < 4.78 is 47.0. The van der Waals surface area contributed by atoms with Crippen molar-refractivity contribution in [1.82, 2.24) is 10.6 Å². The highest BCUT2D eigenvalue weighted by Gasteiger charge is 2.45. The molecule has 1 unspecified atom stereocenters. The standard InChI is InChI=1S/C21H27F3N2O5/c1-13(2)18(19(30)25-14(12-27)11-17(28)29)26-20(9-5-6-10-31-20)15-7-3-4-8-16(15)21(22,23)24/h3-4,7-8,12-14,18,26H,5-6,9-11H2,1-2H3,(H,25,30)(H,28,29)/t14-,18-,20?/m0/s1. The van der Waals surface area contributed by atoms with Crippen molar-refractivity contribution in [2.45, 2.75) is 63.5 Å². The molecular formula is C21H27F3N2O5. The van der Waals surface area contributed by atoms with E-state index in [1.807, 2.05) is 0 Å². The van der Waals surface area contributed by atoms with Gasteiger partial charge in [0.25, 0.3) is 0 Å². The van der Waals surface area contributed by atoms with Gasteiger partial charge in [0.15, 0.2) is 0 Å². The normalized spacial score (nSPS) is 21.4. The van der Waals surface area contributed by atoms with Crippen LogP contribution >= 0.6 is 0 Å². The predicted molar refractivity (Wildman–Crippen MR) is 105 cm³/mol. The molecule has 3 atom stereocenters. The highest BCUT2D eigenvalue weighted by molar-refractivity contribution is 5.86. The number of hydrogen-bond acceptors (Lipinski definition) is 5. The first kappa shape index (κ1) is 24.8. The lowest BCUT2D eigenvalue weighted by Crippen LogP contribution is -2.59. The van der Waals surface area contributed by atoms with E-state index in [0.717, 1.165) is 6.07 Å². The predicted octanol–water partition coefficient (Wildman–Crippen LogP) is 2.83. The molecule has 0 radical (unpaired) electrons. The van der Waals surface area contributed by atoms with Gasteiger partial charge >= 0.3 is 12.1 Å². The van der Waals surface area contributed by atoms with Gasteiger partial charge < -0.3 is 20.0 Å². The lowest BCUT2D eigenvalue weighted by atomic mass is 9.88. The topological polar surface area (TPSA) is 105 Å². The maximum atomic E-state index is 13.7. The molecule has 0 bridgehead atoms. The number of alkyl halides is 3. The number of ether oxygens (including phenoxy) is 1. The van der Waals surface area contributed by atoms with Gasteiger partial charge in [-0.05, 0) is 31.2 Å². The quantitative estimate of drug-likeness (QED) is 0.506. The average molecular weight is 444 g/mol. The van der Waals surface area contributed by atoms with Gasteiger partial charge in [-0.3, -0.25) is 14.9 Å². The number of halogens is 3. The van der Waals surface area contributed by atoms with Crippen LogP contribution in [0.25, 0.3) is 0 Å². The highest BCUT2D eigenvalue weighted by atomic mass is 19.4. The molecule has 1 heterocycles. The molecule has 2 rings (SSSR count). The maximum absolute atomic E-state index is 13.7. The molecule has 10 heteroatoms. The Morgan fingerprint density at radius 1 is 1.26 bits per heavy atom. The van der Waals surface area contributed by atoms with E-state index in [-0.39, 0.29) is 18.6 Å². The first-order valence-electron chi connectivity index (χ1n) is 10.1. The Balaban J connectivity index is 2.41. The number of carboxylic acids is 1. The van der Waals surface area contributed by atoms with E-state index in [1.54, 1.807) is 13.8 Å². The third-order valence-corrected chi connectivity index (χ3v) is 5.16. The third kappa shape index (κ3) is 6.27. The number of aliphatic carboxylic acids is 1. The summed E-state index contributed by atoms with van der Waals surface area (Å²) >= 11 is 0. The van der Waals surface area contributed by atoms with E-state index in [0.29, 0.717) is 19.1 Å². The van der Waals surface area contributed by atoms with E-state index in [2.05, 4.69) is 10.6 Å². The van der Waals surface area contributed by atoms with Crippen molar-refractivity contribution in [2.24, 2.45) is 5.92 Å². The molecule has 1 aromatic rings. The molecule has 3 N–H and O–H groups in total. The average Bonchev–Trinajstić information content (AvgIpc) is 2.71. The Bertz CT molecular complexity index is 791. The van der Waals surface area contributed by atoms with Crippen LogP contribution in [0.3, 0.4) is 0 Å². The molecule has 1 aromatic carbocycles. The smallest absolute Gasteiger partial charge is 0.416 e. The summed E-state index contributed by atoms with van der Waals surface area (Å²) in [5.41, 5.74) is -2.53. The van der Waals surface area contributed by atoms with Crippen LogP contribution in [0.2, 0.25) is 0 Å². The number of carbonyl (C=O) groups excluding carboxylic acids is 2. The second kappa shape index (κ2) is 10.2. The summed E-state index contributed by atoms with van der Waals surface area (Å²) in [5, 5.41) is 14.2. The highest BCUT2D eigenvalue weighted by Crippen LogP contribution is 2.41. The molecule has 1 amide bonds. The van der Waals surface area contributed by atoms with Gasteiger partial charge in [0.1, 0.15) is 12.0 Å². The van der Waals surface area contributed by atoms with Crippen molar-refractivity contribution in [3.63, 3.8) is 0 Å². The molecule has 1 aliphatic heterocycles.